The van der Waals surface area contributed by atoms with Crippen molar-refractivity contribution < 1.29 is 9.53 Å². The molecular weight excluding hydrogens is 273 g/mol. The molecule has 3 nitrogen and oxygen atoms in total. The zero-order valence-corrected chi connectivity index (χ0v) is 12.6. The van der Waals surface area contributed by atoms with Gasteiger partial charge in [-0.15, -0.1) is 12.4 Å². The smallest absolute Gasteiger partial charge is 0.313 e. The number of benzene rings is 1. The average Bonchev–Trinajstić information content (AvgIpc) is 2.30. The first-order chi connectivity index (χ1) is 7.80. The van der Waals surface area contributed by atoms with Gasteiger partial charge in [0.05, 0.1) is 12.5 Å². The second-order valence-corrected chi connectivity index (χ2v) is 5.11. The molecule has 0 radical (unpaired) electrons. The van der Waals surface area contributed by atoms with Gasteiger partial charge in [0.25, 0.3) is 0 Å². The summed E-state index contributed by atoms with van der Waals surface area (Å²) in [5, 5.41) is 0.651. The highest BCUT2D eigenvalue weighted by Gasteiger charge is 2.36. The second kappa shape index (κ2) is 6.41. The van der Waals surface area contributed by atoms with Crippen LogP contribution in [0.25, 0.3) is 0 Å². The summed E-state index contributed by atoms with van der Waals surface area (Å²) < 4.78 is 4.76. The Morgan fingerprint density at radius 3 is 2.44 bits per heavy atom. The molecule has 0 amide bonds. The number of aryl methyl sites for hydroxylation is 1. The molecule has 0 saturated carbocycles. The Hall–Kier alpha value is -0.770. The third-order valence-corrected chi connectivity index (χ3v) is 3.45. The number of methoxy groups -OCH3 is 1. The van der Waals surface area contributed by atoms with Crippen LogP contribution in [0.3, 0.4) is 0 Å². The number of rotatable bonds is 3. The summed E-state index contributed by atoms with van der Waals surface area (Å²) in [6.07, 6.45) is 0. The number of ether oxygens (including phenoxy) is 1. The molecule has 5 heteroatoms. The Morgan fingerprint density at radius 1 is 1.44 bits per heavy atom. The van der Waals surface area contributed by atoms with Crippen LogP contribution in [0.5, 0.6) is 0 Å². The van der Waals surface area contributed by atoms with Crippen molar-refractivity contribution in [2.45, 2.75) is 26.8 Å². The van der Waals surface area contributed by atoms with Gasteiger partial charge in [-0.1, -0.05) is 23.7 Å². The van der Waals surface area contributed by atoms with E-state index in [2.05, 4.69) is 0 Å². The number of hydrogen-bond acceptors (Lipinski definition) is 3. The molecule has 102 valence electrons. The molecule has 1 rings (SSSR count). The highest BCUT2D eigenvalue weighted by atomic mass is 35.5. The largest absolute Gasteiger partial charge is 0.469 e. The van der Waals surface area contributed by atoms with E-state index in [0.717, 1.165) is 11.1 Å². The summed E-state index contributed by atoms with van der Waals surface area (Å²) in [5.41, 5.74) is 7.14. The van der Waals surface area contributed by atoms with Crippen LogP contribution in [0.4, 0.5) is 0 Å². The van der Waals surface area contributed by atoms with Gasteiger partial charge in [0, 0.05) is 11.1 Å². The van der Waals surface area contributed by atoms with Crippen LogP contribution in [0, 0.1) is 12.3 Å². The zero-order chi connectivity index (χ0) is 13.2. The van der Waals surface area contributed by atoms with Crippen molar-refractivity contribution in [3.05, 3.63) is 34.3 Å². The fourth-order valence-corrected chi connectivity index (χ4v) is 1.80. The molecule has 0 aliphatic carbocycles. The van der Waals surface area contributed by atoms with E-state index in [1.807, 2.05) is 19.1 Å². The monoisotopic (exact) mass is 291 g/mol. The molecule has 0 saturated heterocycles. The van der Waals surface area contributed by atoms with Crippen molar-refractivity contribution in [2.75, 3.05) is 7.11 Å². The number of nitrogens with two attached hydrogens (primary N) is 1. The Balaban J connectivity index is 0.00000289. The third-order valence-electron chi connectivity index (χ3n) is 3.04. The summed E-state index contributed by atoms with van der Waals surface area (Å²) >= 11 is 6.05. The minimum absolute atomic E-state index is 0. The van der Waals surface area contributed by atoms with Crippen LogP contribution in [0.2, 0.25) is 5.02 Å². The van der Waals surface area contributed by atoms with Crippen LogP contribution >= 0.6 is 24.0 Å². The molecule has 2 N–H and O–H groups in total. The van der Waals surface area contributed by atoms with Crippen LogP contribution in [0.15, 0.2) is 18.2 Å². The molecule has 1 aromatic rings. The first-order valence-corrected chi connectivity index (χ1v) is 5.78. The molecule has 0 aliphatic heterocycles. The number of carbonyl (C=O) groups excluding carboxylic acids is 1. The summed E-state index contributed by atoms with van der Waals surface area (Å²) in [6, 6.07) is 5.13. The van der Waals surface area contributed by atoms with E-state index in [1.54, 1.807) is 19.9 Å². The molecule has 1 atom stereocenters. The Kier molecular flexibility index (Phi) is 6.14. The quantitative estimate of drug-likeness (QED) is 0.870. The number of halogens is 2. The predicted molar refractivity (Wildman–Crippen MR) is 76.2 cm³/mol. The topological polar surface area (TPSA) is 52.3 Å². The fourth-order valence-electron chi connectivity index (χ4n) is 1.61. The van der Waals surface area contributed by atoms with E-state index in [9.17, 15) is 4.79 Å². The van der Waals surface area contributed by atoms with Gasteiger partial charge in [-0.05, 0) is 38.0 Å². The summed E-state index contributed by atoms with van der Waals surface area (Å²) in [4.78, 5) is 11.7. The van der Waals surface area contributed by atoms with Crippen molar-refractivity contribution in [3.63, 3.8) is 0 Å². The normalized spacial score (nSPS) is 12.6. The first-order valence-electron chi connectivity index (χ1n) is 5.40. The molecule has 18 heavy (non-hydrogen) atoms. The highest BCUT2D eigenvalue weighted by Crippen LogP contribution is 2.33. The van der Waals surface area contributed by atoms with E-state index < -0.39 is 11.5 Å². The van der Waals surface area contributed by atoms with Crippen molar-refractivity contribution in [1.82, 2.24) is 0 Å². The lowest BCUT2D eigenvalue weighted by Gasteiger charge is -2.29. The van der Waals surface area contributed by atoms with E-state index in [-0.39, 0.29) is 18.4 Å². The van der Waals surface area contributed by atoms with E-state index >= 15 is 0 Å². The van der Waals surface area contributed by atoms with E-state index in [4.69, 9.17) is 22.1 Å². The van der Waals surface area contributed by atoms with Crippen LogP contribution in [-0.4, -0.2) is 13.1 Å². The molecule has 0 unspecified atom stereocenters. The highest BCUT2D eigenvalue weighted by molar-refractivity contribution is 6.31. The lowest BCUT2D eigenvalue weighted by Crippen LogP contribution is -2.37. The van der Waals surface area contributed by atoms with Gasteiger partial charge >= 0.3 is 5.97 Å². The number of esters is 1. The maximum absolute atomic E-state index is 11.7. The minimum Gasteiger partial charge on any atom is -0.469 e. The van der Waals surface area contributed by atoms with Gasteiger partial charge in [0.15, 0.2) is 0 Å². The van der Waals surface area contributed by atoms with E-state index in [0.29, 0.717) is 5.02 Å². The first kappa shape index (κ1) is 17.2. The Morgan fingerprint density at radius 2 is 2.00 bits per heavy atom. The molecule has 0 bridgehead atoms. The number of hydrogen-bond donors (Lipinski definition) is 1. The lowest BCUT2D eigenvalue weighted by molar-refractivity contribution is -0.152. The van der Waals surface area contributed by atoms with Gasteiger partial charge < -0.3 is 10.5 Å². The summed E-state index contributed by atoms with van der Waals surface area (Å²) in [5.74, 6) is -0.332. The van der Waals surface area contributed by atoms with Gasteiger partial charge in [-0.3, -0.25) is 4.79 Å². The van der Waals surface area contributed by atoms with Crippen LogP contribution in [-0.2, 0) is 9.53 Å². The third kappa shape index (κ3) is 3.37. The summed E-state index contributed by atoms with van der Waals surface area (Å²) in [7, 11) is 1.36. The molecule has 0 aliphatic rings. The standard InChI is InChI=1S/C13H18ClNO2.ClH/c1-8-5-6-9(7-10(8)14)11(15)13(2,3)12(16)17-4;/h5-7,11H,15H2,1-4H3;1H/t11-;/m1./s1. The van der Waals surface area contributed by atoms with Crippen molar-refractivity contribution in [2.24, 2.45) is 11.1 Å². The SMILES string of the molecule is COC(=O)C(C)(C)[C@H](N)c1ccc(C)c(Cl)c1.Cl. The maximum Gasteiger partial charge on any atom is 0.313 e. The zero-order valence-electron chi connectivity index (χ0n) is 11.0. The van der Waals surface area contributed by atoms with Gasteiger partial charge in [-0.2, -0.15) is 0 Å². The predicted octanol–water partition coefficient (Wildman–Crippen LogP) is 3.27. The molecule has 0 aromatic heterocycles. The maximum atomic E-state index is 11.7. The molecule has 0 fully saturated rings. The molecule has 0 spiro atoms. The van der Waals surface area contributed by atoms with Crippen molar-refractivity contribution in [1.29, 1.82) is 0 Å². The Labute approximate surface area is 119 Å². The van der Waals surface area contributed by atoms with Crippen LogP contribution < -0.4 is 5.73 Å². The van der Waals surface area contributed by atoms with Crippen molar-refractivity contribution in [3.8, 4) is 0 Å². The fraction of sp³-hybridized carbons (Fsp3) is 0.462. The van der Waals surface area contributed by atoms with Crippen molar-refractivity contribution >= 4 is 30.0 Å². The lowest BCUT2D eigenvalue weighted by atomic mass is 9.81. The summed E-state index contributed by atoms with van der Waals surface area (Å²) in [6.45, 7) is 5.44. The Bertz CT molecular complexity index is 433. The molecule has 1 aromatic carbocycles. The molecular formula is C13H19Cl2NO2. The van der Waals surface area contributed by atoms with Crippen LogP contribution in [0.1, 0.15) is 31.0 Å². The minimum atomic E-state index is -0.784. The van der Waals surface area contributed by atoms with Gasteiger partial charge in [0.2, 0.25) is 0 Å². The van der Waals surface area contributed by atoms with Gasteiger partial charge in [-0.25, -0.2) is 0 Å². The van der Waals surface area contributed by atoms with Gasteiger partial charge in [0.1, 0.15) is 0 Å². The number of carbonyl (C=O) groups is 1. The molecule has 0 heterocycles. The second-order valence-electron chi connectivity index (χ2n) is 4.70. The average molecular weight is 292 g/mol. The van der Waals surface area contributed by atoms with E-state index in [1.165, 1.54) is 7.11 Å².